The topological polar surface area (TPSA) is 35.5 Å². The van der Waals surface area contributed by atoms with Crippen LogP contribution in [-0.2, 0) is 9.53 Å². The quantitative estimate of drug-likeness (QED) is 0.436. The van der Waals surface area contributed by atoms with E-state index in [0.29, 0.717) is 5.75 Å². The summed E-state index contributed by atoms with van der Waals surface area (Å²) < 4.78 is 22.3. The van der Waals surface area contributed by atoms with E-state index in [1.165, 1.54) is 37.5 Å². The first kappa shape index (κ1) is 11.2. The van der Waals surface area contributed by atoms with Crippen LogP contribution in [0.3, 0.4) is 0 Å². The highest BCUT2D eigenvalue weighted by atomic mass is 19.1. The standard InChI is InChI=1S/C11H11FO3/c1-3-10(11(13)14-2)15-9-6-4-8(12)5-7-9/h3-7H,1-2H3/b10-3-. The van der Waals surface area contributed by atoms with Crippen molar-refractivity contribution in [2.75, 3.05) is 7.11 Å². The molecule has 0 spiro atoms. The Balaban J connectivity index is 2.76. The molecule has 0 aliphatic rings. The molecule has 0 radical (unpaired) electrons. The molecule has 0 unspecified atom stereocenters. The van der Waals surface area contributed by atoms with E-state index in [0.717, 1.165) is 0 Å². The number of esters is 1. The van der Waals surface area contributed by atoms with Crippen molar-refractivity contribution in [1.82, 2.24) is 0 Å². The molecule has 0 bridgehead atoms. The molecule has 4 heteroatoms. The predicted octanol–water partition coefficient (Wildman–Crippen LogP) is 2.28. The maximum absolute atomic E-state index is 12.6. The van der Waals surface area contributed by atoms with Gasteiger partial charge in [-0.2, -0.15) is 0 Å². The van der Waals surface area contributed by atoms with Gasteiger partial charge in [0.1, 0.15) is 11.6 Å². The largest absolute Gasteiger partial charge is 0.463 e. The Morgan fingerprint density at radius 3 is 2.40 bits per heavy atom. The summed E-state index contributed by atoms with van der Waals surface area (Å²) in [6.45, 7) is 1.65. The van der Waals surface area contributed by atoms with E-state index in [9.17, 15) is 9.18 Å². The van der Waals surface area contributed by atoms with Gasteiger partial charge in [0.2, 0.25) is 5.76 Å². The third-order valence-corrected chi connectivity index (χ3v) is 1.69. The summed E-state index contributed by atoms with van der Waals surface area (Å²) in [4.78, 5) is 11.1. The summed E-state index contributed by atoms with van der Waals surface area (Å²) in [6, 6.07) is 5.36. The molecule has 0 fully saturated rings. The van der Waals surface area contributed by atoms with Gasteiger partial charge in [0, 0.05) is 0 Å². The van der Waals surface area contributed by atoms with Crippen molar-refractivity contribution in [3.05, 3.63) is 41.9 Å². The molecule has 1 rings (SSSR count). The number of rotatable bonds is 3. The van der Waals surface area contributed by atoms with Crippen LogP contribution in [0.25, 0.3) is 0 Å². The van der Waals surface area contributed by atoms with Gasteiger partial charge in [-0.15, -0.1) is 0 Å². The smallest absolute Gasteiger partial charge is 0.373 e. The number of benzene rings is 1. The van der Waals surface area contributed by atoms with Crippen LogP contribution in [0.1, 0.15) is 6.92 Å². The summed E-state index contributed by atoms with van der Waals surface area (Å²) in [7, 11) is 1.26. The van der Waals surface area contributed by atoms with Gasteiger partial charge in [-0.1, -0.05) is 0 Å². The third-order valence-electron chi connectivity index (χ3n) is 1.69. The Labute approximate surface area is 87.1 Å². The minimum atomic E-state index is -0.568. The zero-order valence-electron chi connectivity index (χ0n) is 8.49. The van der Waals surface area contributed by atoms with Crippen LogP contribution in [0.5, 0.6) is 5.75 Å². The van der Waals surface area contributed by atoms with Crippen molar-refractivity contribution in [3.63, 3.8) is 0 Å². The molecule has 0 N–H and O–H groups in total. The van der Waals surface area contributed by atoms with Crippen molar-refractivity contribution in [2.24, 2.45) is 0 Å². The van der Waals surface area contributed by atoms with Crippen molar-refractivity contribution >= 4 is 5.97 Å². The first-order valence-corrected chi connectivity index (χ1v) is 4.35. The molecule has 0 saturated carbocycles. The number of ether oxygens (including phenoxy) is 2. The normalized spacial score (nSPS) is 11.0. The molecule has 15 heavy (non-hydrogen) atoms. The van der Waals surface area contributed by atoms with Crippen molar-refractivity contribution < 1.29 is 18.7 Å². The SMILES string of the molecule is C/C=C(\Oc1ccc(F)cc1)C(=O)OC. The minimum Gasteiger partial charge on any atom is -0.463 e. The van der Waals surface area contributed by atoms with Crippen molar-refractivity contribution in [1.29, 1.82) is 0 Å². The Hall–Kier alpha value is -1.84. The number of methoxy groups -OCH3 is 1. The Morgan fingerprint density at radius 2 is 1.93 bits per heavy atom. The van der Waals surface area contributed by atoms with Gasteiger partial charge in [-0.3, -0.25) is 0 Å². The Morgan fingerprint density at radius 1 is 1.33 bits per heavy atom. The lowest BCUT2D eigenvalue weighted by Gasteiger charge is -2.07. The van der Waals surface area contributed by atoms with E-state index in [2.05, 4.69) is 4.74 Å². The van der Waals surface area contributed by atoms with Crippen LogP contribution in [0.2, 0.25) is 0 Å². The Bertz CT molecular complexity index is 368. The van der Waals surface area contributed by atoms with Gasteiger partial charge in [-0.25, -0.2) is 9.18 Å². The minimum absolute atomic E-state index is 0.0732. The van der Waals surface area contributed by atoms with Crippen LogP contribution < -0.4 is 4.74 Å². The average Bonchev–Trinajstić information content (AvgIpc) is 2.27. The van der Waals surface area contributed by atoms with E-state index >= 15 is 0 Å². The van der Waals surface area contributed by atoms with Crippen molar-refractivity contribution in [2.45, 2.75) is 6.92 Å². The number of allylic oxidation sites excluding steroid dienone is 1. The second-order valence-electron chi connectivity index (χ2n) is 2.70. The van der Waals surface area contributed by atoms with Gasteiger partial charge in [0.15, 0.2) is 0 Å². The third kappa shape index (κ3) is 3.09. The second-order valence-corrected chi connectivity index (χ2v) is 2.70. The molecule has 1 aromatic rings. The van der Waals surface area contributed by atoms with Gasteiger partial charge in [0.25, 0.3) is 0 Å². The predicted molar refractivity (Wildman–Crippen MR) is 52.8 cm³/mol. The molecular formula is C11H11FO3. The van der Waals surface area contributed by atoms with Crippen LogP contribution in [-0.4, -0.2) is 13.1 Å². The fourth-order valence-corrected chi connectivity index (χ4v) is 0.949. The summed E-state index contributed by atoms with van der Waals surface area (Å²) in [5.74, 6) is -0.469. The van der Waals surface area contributed by atoms with Crippen LogP contribution in [0.4, 0.5) is 4.39 Å². The molecule has 0 heterocycles. The van der Waals surface area contributed by atoms with E-state index in [4.69, 9.17) is 4.74 Å². The monoisotopic (exact) mass is 210 g/mol. The lowest BCUT2D eigenvalue weighted by molar-refractivity contribution is -0.138. The lowest BCUT2D eigenvalue weighted by atomic mass is 10.3. The molecule has 80 valence electrons. The number of hydrogen-bond donors (Lipinski definition) is 0. The summed E-state index contributed by atoms with van der Waals surface area (Å²) in [6.07, 6.45) is 1.48. The van der Waals surface area contributed by atoms with Gasteiger partial charge < -0.3 is 9.47 Å². The molecule has 3 nitrogen and oxygen atoms in total. The molecule has 0 atom stereocenters. The van der Waals surface area contributed by atoms with Crippen LogP contribution in [0, 0.1) is 5.82 Å². The molecule has 0 aromatic heterocycles. The van der Waals surface area contributed by atoms with Gasteiger partial charge in [0.05, 0.1) is 7.11 Å². The molecular weight excluding hydrogens is 199 g/mol. The molecule has 0 saturated heterocycles. The Kier molecular flexibility index (Phi) is 3.85. The summed E-state index contributed by atoms with van der Waals surface area (Å²) in [5.41, 5.74) is 0. The number of carbonyl (C=O) groups excluding carboxylic acids is 1. The lowest BCUT2D eigenvalue weighted by Crippen LogP contribution is -2.10. The fraction of sp³-hybridized carbons (Fsp3) is 0.182. The maximum atomic E-state index is 12.6. The molecule has 1 aromatic carbocycles. The molecule has 0 amide bonds. The number of carbonyl (C=O) groups is 1. The van der Waals surface area contributed by atoms with E-state index in [-0.39, 0.29) is 11.6 Å². The van der Waals surface area contributed by atoms with E-state index < -0.39 is 5.97 Å². The second kappa shape index (κ2) is 5.14. The van der Waals surface area contributed by atoms with Crippen molar-refractivity contribution in [3.8, 4) is 5.75 Å². The zero-order valence-corrected chi connectivity index (χ0v) is 8.49. The molecule has 0 aliphatic carbocycles. The van der Waals surface area contributed by atoms with Gasteiger partial charge >= 0.3 is 5.97 Å². The van der Waals surface area contributed by atoms with Crippen LogP contribution in [0.15, 0.2) is 36.1 Å². The highest BCUT2D eigenvalue weighted by Crippen LogP contribution is 2.15. The highest BCUT2D eigenvalue weighted by Gasteiger charge is 2.10. The average molecular weight is 210 g/mol. The summed E-state index contributed by atoms with van der Waals surface area (Å²) >= 11 is 0. The van der Waals surface area contributed by atoms with E-state index in [1.807, 2.05) is 0 Å². The summed E-state index contributed by atoms with van der Waals surface area (Å²) in [5, 5.41) is 0. The first-order valence-electron chi connectivity index (χ1n) is 4.35. The highest BCUT2D eigenvalue weighted by molar-refractivity contribution is 5.86. The number of halogens is 1. The maximum Gasteiger partial charge on any atom is 0.373 e. The fourth-order valence-electron chi connectivity index (χ4n) is 0.949. The van der Waals surface area contributed by atoms with Gasteiger partial charge in [-0.05, 0) is 37.3 Å². The number of hydrogen-bond acceptors (Lipinski definition) is 3. The molecule has 0 aliphatic heterocycles. The first-order chi connectivity index (χ1) is 7.17. The van der Waals surface area contributed by atoms with E-state index in [1.54, 1.807) is 6.92 Å². The van der Waals surface area contributed by atoms with Crippen LogP contribution >= 0.6 is 0 Å². The zero-order chi connectivity index (χ0) is 11.3.